The molecular formula is C13H29NO6Si. The standard InChI is InChI=1S/C13H29NO6Si/c1-5-18-21(19-6-2,20-7-3)10-8-9-14(13(16)17)12(4)11-15/h12,15H,5-11H2,1-4H3,(H,16,17). The molecular weight excluding hydrogens is 294 g/mol. The lowest BCUT2D eigenvalue weighted by atomic mass is 10.3. The third-order valence-corrected chi connectivity index (χ3v) is 6.17. The molecule has 0 aromatic carbocycles. The Bertz CT molecular complexity index is 275. The number of aliphatic hydroxyl groups excluding tert-OH is 1. The number of hydrogen-bond donors (Lipinski definition) is 2. The van der Waals surface area contributed by atoms with E-state index in [9.17, 15) is 4.79 Å². The number of carbonyl (C=O) groups is 1. The number of amides is 1. The second kappa shape index (κ2) is 11.0. The Hall–Kier alpha value is -0.673. The van der Waals surface area contributed by atoms with E-state index in [0.717, 1.165) is 0 Å². The lowest BCUT2D eigenvalue weighted by Crippen LogP contribution is -2.47. The summed E-state index contributed by atoms with van der Waals surface area (Å²) in [6.07, 6.45) is -0.462. The third kappa shape index (κ3) is 7.23. The maximum atomic E-state index is 11.2. The largest absolute Gasteiger partial charge is 0.500 e. The van der Waals surface area contributed by atoms with Crippen LogP contribution < -0.4 is 0 Å². The van der Waals surface area contributed by atoms with Crippen molar-refractivity contribution in [2.24, 2.45) is 0 Å². The zero-order chi connectivity index (χ0) is 16.3. The zero-order valence-electron chi connectivity index (χ0n) is 13.5. The molecule has 8 heteroatoms. The molecule has 0 aliphatic rings. The maximum absolute atomic E-state index is 11.2. The number of hydrogen-bond acceptors (Lipinski definition) is 5. The number of carboxylic acid groups (broad SMARTS) is 1. The summed E-state index contributed by atoms with van der Waals surface area (Å²) in [5.41, 5.74) is 0. The third-order valence-electron chi connectivity index (χ3n) is 3.02. The molecule has 0 bridgehead atoms. The molecule has 0 saturated heterocycles. The van der Waals surface area contributed by atoms with Crippen LogP contribution in [0, 0.1) is 0 Å². The fourth-order valence-electron chi connectivity index (χ4n) is 2.07. The first kappa shape index (κ1) is 20.3. The molecule has 7 nitrogen and oxygen atoms in total. The molecule has 1 amide bonds. The first-order chi connectivity index (χ1) is 9.96. The quantitative estimate of drug-likeness (QED) is 0.532. The van der Waals surface area contributed by atoms with E-state index in [1.165, 1.54) is 4.90 Å². The Labute approximate surface area is 128 Å². The molecule has 0 aromatic rings. The van der Waals surface area contributed by atoms with Gasteiger partial charge in [0.15, 0.2) is 0 Å². The van der Waals surface area contributed by atoms with E-state index in [2.05, 4.69) is 0 Å². The first-order valence-corrected chi connectivity index (χ1v) is 9.41. The van der Waals surface area contributed by atoms with Crippen molar-refractivity contribution in [3.05, 3.63) is 0 Å². The Morgan fingerprint density at radius 3 is 1.95 bits per heavy atom. The summed E-state index contributed by atoms with van der Waals surface area (Å²) in [6.45, 7) is 8.96. The van der Waals surface area contributed by atoms with Gasteiger partial charge in [-0.3, -0.25) is 0 Å². The van der Waals surface area contributed by atoms with E-state index in [1.807, 2.05) is 20.8 Å². The molecule has 1 unspecified atom stereocenters. The SMILES string of the molecule is CCO[Si](CCCN(C(=O)O)C(C)CO)(OCC)OCC. The van der Waals surface area contributed by atoms with Gasteiger partial charge in [-0.2, -0.15) is 0 Å². The summed E-state index contributed by atoms with van der Waals surface area (Å²) >= 11 is 0. The van der Waals surface area contributed by atoms with Gasteiger partial charge in [0.1, 0.15) is 0 Å². The normalized spacial score (nSPS) is 13.2. The molecule has 0 saturated carbocycles. The van der Waals surface area contributed by atoms with Gasteiger partial charge in [0.25, 0.3) is 0 Å². The van der Waals surface area contributed by atoms with Crippen LogP contribution >= 0.6 is 0 Å². The second-order valence-electron chi connectivity index (χ2n) is 4.59. The highest BCUT2D eigenvalue weighted by molar-refractivity contribution is 6.60. The van der Waals surface area contributed by atoms with Crippen molar-refractivity contribution in [1.82, 2.24) is 4.90 Å². The highest BCUT2D eigenvalue weighted by Gasteiger charge is 2.40. The van der Waals surface area contributed by atoms with Crippen LogP contribution in [0.4, 0.5) is 4.79 Å². The van der Waals surface area contributed by atoms with E-state index in [0.29, 0.717) is 38.8 Å². The molecule has 126 valence electrons. The lowest BCUT2D eigenvalue weighted by Gasteiger charge is -2.30. The average Bonchev–Trinajstić information content (AvgIpc) is 2.43. The minimum absolute atomic E-state index is 0.197. The van der Waals surface area contributed by atoms with Crippen molar-refractivity contribution in [3.63, 3.8) is 0 Å². The van der Waals surface area contributed by atoms with Crippen LogP contribution in [0.3, 0.4) is 0 Å². The van der Waals surface area contributed by atoms with E-state index >= 15 is 0 Å². The lowest BCUT2D eigenvalue weighted by molar-refractivity contribution is 0.0677. The Balaban J connectivity index is 4.61. The number of nitrogens with zero attached hydrogens (tertiary/aromatic N) is 1. The summed E-state index contributed by atoms with van der Waals surface area (Å²) in [5, 5.41) is 18.2. The van der Waals surface area contributed by atoms with Gasteiger partial charge in [0, 0.05) is 32.4 Å². The van der Waals surface area contributed by atoms with Crippen LogP contribution in [0.2, 0.25) is 6.04 Å². The van der Waals surface area contributed by atoms with Crippen LogP contribution in [0.15, 0.2) is 0 Å². The number of aliphatic hydroxyl groups is 1. The molecule has 0 aromatic heterocycles. The van der Waals surface area contributed by atoms with Crippen LogP contribution in [-0.4, -0.2) is 69.0 Å². The molecule has 0 spiro atoms. The summed E-state index contributed by atoms with van der Waals surface area (Å²) in [6, 6.07) is 0.134. The molecule has 21 heavy (non-hydrogen) atoms. The average molecular weight is 323 g/mol. The zero-order valence-corrected chi connectivity index (χ0v) is 14.5. The van der Waals surface area contributed by atoms with Crippen LogP contribution in [-0.2, 0) is 13.3 Å². The molecule has 0 fully saturated rings. The Morgan fingerprint density at radius 1 is 1.14 bits per heavy atom. The van der Waals surface area contributed by atoms with E-state index in [1.54, 1.807) is 6.92 Å². The van der Waals surface area contributed by atoms with Crippen molar-refractivity contribution in [2.75, 3.05) is 33.0 Å². The summed E-state index contributed by atoms with van der Waals surface area (Å²) < 4.78 is 17.2. The van der Waals surface area contributed by atoms with E-state index < -0.39 is 20.9 Å². The van der Waals surface area contributed by atoms with Gasteiger partial charge in [0.05, 0.1) is 12.6 Å². The molecule has 0 radical (unpaired) electrons. The summed E-state index contributed by atoms with van der Waals surface area (Å²) in [4.78, 5) is 12.4. The first-order valence-electron chi connectivity index (χ1n) is 7.48. The Kier molecular flexibility index (Phi) is 10.6. The topological polar surface area (TPSA) is 88.5 Å². The number of rotatable bonds is 12. The molecule has 2 N–H and O–H groups in total. The van der Waals surface area contributed by atoms with Gasteiger partial charge in [0.2, 0.25) is 0 Å². The van der Waals surface area contributed by atoms with Crippen molar-refractivity contribution in [3.8, 4) is 0 Å². The molecule has 0 rings (SSSR count). The second-order valence-corrected chi connectivity index (χ2v) is 7.33. The molecule has 0 heterocycles. The predicted octanol–water partition coefficient (Wildman–Crippen LogP) is 1.79. The molecule has 0 aliphatic heterocycles. The van der Waals surface area contributed by atoms with Gasteiger partial charge in [-0.05, 0) is 34.1 Å². The van der Waals surface area contributed by atoms with Crippen molar-refractivity contribution < 1.29 is 28.3 Å². The van der Waals surface area contributed by atoms with Gasteiger partial charge in [-0.15, -0.1) is 0 Å². The minimum atomic E-state index is -2.72. The fourth-order valence-corrected chi connectivity index (χ4v) is 4.66. The van der Waals surface area contributed by atoms with Gasteiger partial charge in [-0.25, -0.2) is 4.79 Å². The van der Waals surface area contributed by atoms with Gasteiger partial charge in [-0.1, -0.05) is 0 Å². The van der Waals surface area contributed by atoms with Crippen LogP contribution in [0.25, 0.3) is 0 Å². The van der Waals surface area contributed by atoms with E-state index in [-0.39, 0.29) is 6.61 Å². The minimum Gasteiger partial charge on any atom is -0.465 e. The molecule has 1 atom stereocenters. The highest BCUT2D eigenvalue weighted by Crippen LogP contribution is 2.19. The van der Waals surface area contributed by atoms with Crippen LogP contribution in [0.1, 0.15) is 34.1 Å². The van der Waals surface area contributed by atoms with Crippen molar-refractivity contribution in [2.45, 2.75) is 46.2 Å². The van der Waals surface area contributed by atoms with Gasteiger partial charge < -0.3 is 28.4 Å². The van der Waals surface area contributed by atoms with Gasteiger partial charge >= 0.3 is 14.9 Å². The van der Waals surface area contributed by atoms with Crippen LogP contribution in [0.5, 0.6) is 0 Å². The van der Waals surface area contributed by atoms with Crippen molar-refractivity contribution in [1.29, 1.82) is 0 Å². The highest BCUT2D eigenvalue weighted by atomic mass is 28.4. The Morgan fingerprint density at radius 2 is 1.62 bits per heavy atom. The predicted molar refractivity (Wildman–Crippen MR) is 81.3 cm³/mol. The smallest absolute Gasteiger partial charge is 0.465 e. The fraction of sp³-hybridized carbons (Fsp3) is 0.923. The van der Waals surface area contributed by atoms with Crippen molar-refractivity contribution >= 4 is 14.9 Å². The summed E-state index contributed by atoms with van der Waals surface area (Å²) in [5.74, 6) is 0. The summed E-state index contributed by atoms with van der Waals surface area (Å²) in [7, 11) is -2.72. The van der Waals surface area contributed by atoms with E-state index in [4.69, 9.17) is 23.5 Å². The monoisotopic (exact) mass is 323 g/mol. The molecule has 0 aliphatic carbocycles. The maximum Gasteiger partial charge on any atom is 0.500 e.